The minimum Gasteiger partial charge on any atom is -0.465 e. The van der Waals surface area contributed by atoms with Crippen LogP contribution < -0.4 is 11.1 Å². The van der Waals surface area contributed by atoms with Gasteiger partial charge in [-0.2, -0.15) is 0 Å². The van der Waals surface area contributed by atoms with Gasteiger partial charge in [-0.05, 0) is 32.4 Å². The van der Waals surface area contributed by atoms with Crippen LogP contribution in [0.1, 0.15) is 36.7 Å². The predicted octanol–water partition coefficient (Wildman–Crippen LogP) is 1.99. The lowest BCUT2D eigenvalue weighted by Gasteiger charge is -2.19. The SMILES string of the molecule is COC(=O)c1cc(C=CCNC(=O)OC(C)(C)C)cnc1N. The van der Waals surface area contributed by atoms with E-state index in [2.05, 4.69) is 15.0 Å². The largest absolute Gasteiger partial charge is 0.465 e. The lowest BCUT2D eigenvalue weighted by atomic mass is 10.2. The molecule has 0 aromatic carbocycles. The van der Waals surface area contributed by atoms with Crippen molar-refractivity contribution in [3.05, 3.63) is 29.5 Å². The number of ether oxygens (including phenoxy) is 2. The molecule has 0 aliphatic heterocycles. The van der Waals surface area contributed by atoms with Gasteiger partial charge in [0.2, 0.25) is 0 Å². The van der Waals surface area contributed by atoms with Crippen molar-refractivity contribution in [2.75, 3.05) is 19.4 Å². The first-order chi connectivity index (χ1) is 10.2. The summed E-state index contributed by atoms with van der Waals surface area (Å²) in [5, 5.41) is 2.58. The molecular weight excluding hydrogens is 286 g/mol. The maximum atomic E-state index is 11.5. The summed E-state index contributed by atoms with van der Waals surface area (Å²) >= 11 is 0. The van der Waals surface area contributed by atoms with Crippen molar-refractivity contribution >= 4 is 24.0 Å². The van der Waals surface area contributed by atoms with E-state index in [9.17, 15) is 9.59 Å². The quantitative estimate of drug-likeness (QED) is 0.824. The third kappa shape index (κ3) is 5.82. The van der Waals surface area contributed by atoms with Crippen LogP contribution in [0.3, 0.4) is 0 Å². The number of nitrogen functional groups attached to an aromatic ring is 1. The molecule has 0 bridgehead atoms. The van der Waals surface area contributed by atoms with Crippen molar-refractivity contribution in [3.8, 4) is 0 Å². The molecule has 0 atom stereocenters. The highest BCUT2D eigenvalue weighted by Gasteiger charge is 2.15. The van der Waals surface area contributed by atoms with Crippen molar-refractivity contribution in [1.29, 1.82) is 0 Å². The van der Waals surface area contributed by atoms with Crippen molar-refractivity contribution in [2.24, 2.45) is 0 Å². The Bertz CT molecular complexity index is 577. The number of pyridine rings is 1. The molecule has 3 N–H and O–H groups in total. The standard InChI is InChI=1S/C15H21N3O4/c1-15(2,3)22-14(20)17-7-5-6-10-8-11(13(19)21-4)12(16)18-9-10/h5-6,8-9H,7H2,1-4H3,(H2,16,18)(H,17,20). The normalized spacial score (nSPS) is 11.3. The highest BCUT2D eigenvalue weighted by molar-refractivity contribution is 5.94. The summed E-state index contributed by atoms with van der Waals surface area (Å²) in [7, 11) is 1.27. The van der Waals surface area contributed by atoms with Gasteiger partial charge in [0.1, 0.15) is 17.0 Å². The van der Waals surface area contributed by atoms with Crippen LogP contribution in [0.15, 0.2) is 18.3 Å². The van der Waals surface area contributed by atoms with E-state index in [1.807, 2.05) is 0 Å². The zero-order chi connectivity index (χ0) is 16.8. The van der Waals surface area contributed by atoms with E-state index in [0.717, 1.165) is 0 Å². The Kier molecular flexibility index (Phi) is 5.91. The number of anilines is 1. The molecule has 1 heterocycles. The lowest BCUT2D eigenvalue weighted by Crippen LogP contribution is -2.32. The second kappa shape index (κ2) is 7.44. The molecule has 0 aliphatic carbocycles. The maximum Gasteiger partial charge on any atom is 0.407 e. The molecule has 0 unspecified atom stereocenters. The van der Waals surface area contributed by atoms with Crippen molar-refractivity contribution in [1.82, 2.24) is 10.3 Å². The van der Waals surface area contributed by atoms with E-state index in [1.165, 1.54) is 13.3 Å². The number of methoxy groups -OCH3 is 1. The van der Waals surface area contributed by atoms with Crippen LogP contribution >= 0.6 is 0 Å². The van der Waals surface area contributed by atoms with Gasteiger partial charge in [-0.3, -0.25) is 0 Å². The summed E-state index contributed by atoms with van der Waals surface area (Å²) in [5.41, 5.74) is 5.94. The summed E-state index contributed by atoms with van der Waals surface area (Å²) in [6.07, 6.45) is 4.43. The fourth-order valence-electron chi connectivity index (χ4n) is 1.51. The Morgan fingerprint density at radius 2 is 2.09 bits per heavy atom. The van der Waals surface area contributed by atoms with Gasteiger partial charge in [-0.1, -0.05) is 12.2 Å². The summed E-state index contributed by atoms with van der Waals surface area (Å²) in [6.45, 7) is 5.65. The number of hydrogen-bond acceptors (Lipinski definition) is 6. The first kappa shape index (κ1) is 17.5. The van der Waals surface area contributed by atoms with Gasteiger partial charge in [0.25, 0.3) is 0 Å². The molecule has 0 radical (unpaired) electrons. The molecule has 1 aromatic rings. The molecule has 7 nitrogen and oxygen atoms in total. The number of esters is 1. The zero-order valence-electron chi connectivity index (χ0n) is 13.2. The Hall–Kier alpha value is -2.57. The summed E-state index contributed by atoms with van der Waals surface area (Å²) in [5.74, 6) is -0.442. The average molecular weight is 307 g/mol. The van der Waals surface area contributed by atoms with Crippen LogP contribution in [0.5, 0.6) is 0 Å². The van der Waals surface area contributed by atoms with Crippen LogP contribution in [0.25, 0.3) is 6.08 Å². The van der Waals surface area contributed by atoms with Crippen LogP contribution in [0.2, 0.25) is 0 Å². The van der Waals surface area contributed by atoms with Gasteiger partial charge >= 0.3 is 12.1 Å². The number of nitrogens with zero attached hydrogens (tertiary/aromatic N) is 1. The van der Waals surface area contributed by atoms with Gasteiger partial charge in [-0.25, -0.2) is 14.6 Å². The minimum absolute atomic E-state index is 0.107. The molecule has 1 aromatic heterocycles. The van der Waals surface area contributed by atoms with Crippen LogP contribution in [-0.2, 0) is 9.47 Å². The molecule has 0 saturated heterocycles. The van der Waals surface area contributed by atoms with Gasteiger partial charge in [0.05, 0.1) is 7.11 Å². The molecule has 0 spiro atoms. The Labute approximate surface area is 129 Å². The monoisotopic (exact) mass is 307 g/mol. The number of rotatable bonds is 4. The van der Waals surface area contributed by atoms with E-state index >= 15 is 0 Å². The Balaban J connectivity index is 2.60. The van der Waals surface area contributed by atoms with E-state index in [1.54, 1.807) is 39.0 Å². The van der Waals surface area contributed by atoms with Crippen molar-refractivity contribution < 1.29 is 19.1 Å². The van der Waals surface area contributed by atoms with Gasteiger partial charge < -0.3 is 20.5 Å². The molecule has 0 saturated carbocycles. The van der Waals surface area contributed by atoms with E-state index < -0.39 is 17.7 Å². The number of carbonyl (C=O) groups is 2. The zero-order valence-corrected chi connectivity index (χ0v) is 13.2. The first-order valence-electron chi connectivity index (χ1n) is 6.70. The summed E-state index contributed by atoms with van der Waals surface area (Å²) in [6, 6.07) is 1.57. The molecule has 0 aliphatic rings. The first-order valence-corrected chi connectivity index (χ1v) is 6.70. The molecule has 0 fully saturated rings. The molecule has 7 heteroatoms. The highest BCUT2D eigenvalue weighted by atomic mass is 16.6. The van der Waals surface area contributed by atoms with Gasteiger partial charge in [0, 0.05) is 12.7 Å². The molecule has 1 amide bonds. The fourth-order valence-corrected chi connectivity index (χ4v) is 1.51. The van der Waals surface area contributed by atoms with Crippen LogP contribution in [0.4, 0.5) is 10.6 Å². The van der Waals surface area contributed by atoms with E-state index in [-0.39, 0.29) is 17.9 Å². The summed E-state index contributed by atoms with van der Waals surface area (Å²) < 4.78 is 9.72. The number of carbonyl (C=O) groups excluding carboxylic acids is 2. The second-order valence-electron chi connectivity index (χ2n) is 5.48. The molecular formula is C15H21N3O4. The van der Waals surface area contributed by atoms with Crippen molar-refractivity contribution in [3.63, 3.8) is 0 Å². The molecule has 1 rings (SSSR count). The third-order valence-electron chi connectivity index (χ3n) is 2.42. The number of hydrogen-bond donors (Lipinski definition) is 2. The Morgan fingerprint density at radius 1 is 1.41 bits per heavy atom. The van der Waals surface area contributed by atoms with Crippen LogP contribution in [-0.4, -0.2) is 36.3 Å². The van der Waals surface area contributed by atoms with E-state index in [4.69, 9.17) is 10.5 Å². The number of nitrogens with two attached hydrogens (primary N) is 1. The third-order valence-corrected chi connectivity index (χ3v) is 2.42. The smallest absolute Gasteiger partial charge is 0.407 e. The summed E-state index contributed by atoms with van der Waals surface area (Å²) in [4.78, 5) is 26.9. The molecule has 22 heavy (non-hydrogen) atoms. The fraction of sp³-hybridized carbons (Fsp3) is 0.400. The number of alkyl carbamates (subject to hydrolysis) is 1. The van der Waals surface area contributed by atoms with E-state index in [0.29, 0.717) is 5.56 Å². The topological polar surface area (TPSA) is 104 Å². The average Bonchev–Trinajstić information content (AvgIpc) is 2.42. The van der Waals surface area contributed by atoms with Crippen LogP contribution in [0, 0.1) is 0 Å². The Morgan fingerprint density at radius 3 is 2.68 bits per heavy atom. The second-order valence-corrected chi connectivity index (χ2v) is 5.48. The predicted molar refractivity (Wildman–Crippen MR) is 83.3 cm³/mol. The van der Waals surface area contributed by atoms with Gasteiger partial charge in [-0.15, -0.1) is 0 Å². The highest BCUT2D eigenvalue weighted by Crippen LogP contribution is 2.13. The van der Waals surface area contributed by atoms with Gasteiger partial charge in [0.15, 0.2) is 0 Å². The minimum atomic E-state index is -0.549. The molecule has 120 valence electrons. The lowest BCUT2D eigenvalue weighted by molar-refractivity contribution is 0.0532. The number of amides is 1. The number of nitrogens with one attached hydrogen (secondary N) is 1. The number of aromatic nitrogens is 1. The maximum absolute atomic E-state index is 11.5. The van der Waals surface area contributed by atoms with Crippen molar-refractivity contribution in [2.45, 2.75) is 26.4 Å².